The van der Waals surface area contributed by atoms with Crippen LogP contribution in [-0.4, -0.2) is 64.4 Å². The summed E-state index contributed by atoms with van der Waals surface area (Å²) < 4.78 is 0. The zero-order chi connectivity index (χ0) is 22.8. The first-order valence-electron chi connectivity index (χ1n) is 9.59. The molecule has 0 saturated carbocycles. The van der Waals surface area contributed by atoms with Crippen LogP contribution in [0.4, 0.5) is 17.5 Å². The van der Waals surface area contributed by atoms with Gasteiger partial charge in [0, 0.05) is 43.8 Å². The Bertz CT molecular complexity index is 991. The van der Waals surface area contributed by atoms with Crippen molar-refractivity contribution in [2.24, 2.45) is 5.73 Å². The second-order valence-corrected chi connectivity index (χ2v) is 9.20. The number of rotatable bonds is 4. The minimum Gasteiger partial charge on any atom is -0.381 e. The number of amides is 2. The van der Waals surface area contributed by atoms with E-state index in [4.69, 9.17) is 23.1 Å². The van der Waals surface area contributed by atoms with Crippen molar-refractivity contribution in [1.29, 1.82) is 0 Å². The smallest absolute Gasteiger partial charge is 0.315 e. The highest BCUT2D eigenvalue weighted by Gasteiger charge is 2.27. The van der Waals surface area contributed by atoms with Crippen LogP contribution >= 0.6 is 23.4 Å². The van der Waals surface area contributed by atoms with Crippen LogP contribution in [0.3, 0.4) is 0 Å². The van der Waals surface area contributed by atoms with E-state index in [9.17, 15) is 9.59 Å². The van der Waals surface area contributed by atoms with Gasteiger partial charge in [-0.2, -0.15) is 0 Å². The molecule has 0 aliphatic carbocycles. The highest BCUT2D eigenvalue weighted by atomic mass is 35.5. The second-order valence-electron chi connectivity index (χ2n) is 7.79. The van der Waals surface area contributed by atoms with E-state index in [1.54, 1.807) is 12.3 Å². The maximum atomic E-state index is 12.0. The predicted molar refractivity (Wildman–Crippen MR) is 121 cm³/mol. The third kappa shape index (κ3) is 5.54. The number of nitrogens with one attached hydrogen (secondary N) is 1. The van der Waals surface area contributed by atoms with Crippen LogP contribution in [0.1, 0.15) is 19.8 Å². The Labute approximate surface area is 189 Å². The molecule has 0 atom stereocenters. The average molecular weight is 465 g/mol. The van der Waals surface area contributed by atoms with Gasteiger partial charge in [0.05, 0.1) is 11.2 Å². The Morgan fingerprint density at radius 3 is 2.58 bits per heavy atom. The summed E-state index contributed by atoms with van der Waals surface area (Å²) in [4.78, 5) is 40.6. The van der Waals surface area contributed by atoms with Gasteiger partial charge in [0.15, 0.2) is 11.6 Å². The number of piperidine rings is 1. The Kier molecular flexibility index (Phi) is 6.87. The van der Waals surface area contributed by atoms with Crippen molar-refractivity contribution in [3.8, 4) is 0 Å². The molecule has 166 valence electrons. The summed E-state index contributed by atoms with van der Waals surface area (Å²) >= 11 is 7.58. The van der Waals surface area contributed by atoms with Crippen LogP contribution in [0.15, 0.2) is 28.4 Å². The standard InChI is InChI=1S/C19H25ClN8O2S/c1-19(22)5-8-28(9-6-19)12-10-24-17(14(21)25-12)31-11-4-7-23-15(13(11)20)26-16(29)18(30)27(2)3/h4,7,10H,5-6,8-9,22H2,1-3H3,(H2,21,25)(H,23,26,29). The van der Waals surface area contributed by atoms with Crippen molar-refractivity contribution in [1.82, 2.24) is 19.9 Å². The topological polar surface area (TPSA) is 143 Å². The monoisotopic (exact) mass is 464 g/mol. The lowest BCUT2D eigenvalue weighted by atomic mass is 9.91. The number of pyridine rings is 1. The number of nitrogen functional groups attached to an aromatic ring is 1. The zero-order valence-electron chi connectivity index (χ0n) is 17.6. The summed E-state index contributed by atoms with van der Waals surface area (Å²) in [7, 11) is 2.96. The Morgan fingerprint density at radius 2 is 1.97 bits per heavy atom. The molecule has 12 heteroatoms. The Balaban J connectivity index is 1.74. The van der Waals surface area contributed by atoms with Crippen LogP contribution < -0.4 is 21.7 Å². The summed E-state index contributed by atoms with van der Waals surface area (Å²) in [6.45, 7) is 3.63. The SMILES string of the molecule is CN(C)C(=O)C(=O)Nc1nccc(Sc2ncc(N3CCC(C)(N)CC3)nc2N)c1Cl. The number of halogens is 1. The van der Waals surface area contributed by atoms with E-state index in [-0.39, 0.29) is 22.2 Å². The molecular weight excluding hydrogens is 440 g/mol. The summed E-state index contributed by atoms with van der Waals surface area (Å²) in [6, 6.07) is 1.66. The molecule has 3 heterocycles. The second kappa shape index (κ2) is 9.25. The molecule has 2 aromatic rings. The van der Waals surface area contributed by atoms with Gasteiger partial charge in [-0.1, -0.05) is 23.4 Å². The largest absolute Gasteiger partial charge is 0.381 e. The number of hydrogen-bond acceptors (Lipinski definition) is 9. The van der Waals surface area contributed by atoms with Gasteiger partial charge in [0.1, 0.15) is 10.8 Å². The van der Waals surface area contributed by atoms with Crippen molar-refractivity contribution in [2.75, 3.05) is 43.1 Å². The van der Waals surface area contributed by atoms with E-state index in [0.717, 1.165) is 30.8 Å². The molecule has 1 saturated heterocycles. The fourth-order valence-corrected chi connectivity index (χ4v) is 3.97. The molecule has 1 aliphatic heterocycles. The number of nitrogens with two attached hydrogens (primary N) is 2. The van der Waals surface area contributed by atoms with Gasteiger partial charge in [-0.05, 0) is 25.8 Å². The highest BCUT2D eigenvalue weighted by molar-refractivity contribution is 7.99. The number of carbonyl (C=O) groups is 2. The molecule has 0 spiro atoms. The molecule has 2 amide bonds. The molecule has 0 radical (unpaired) electrons. The molecule has 0 bridgehead atoms. The summed E-state index contributed by atoms with van der Waals surface area (Å²) in [5.41, 5.74) is 12.2. The molecule has 0 aromatic carbocycles. The van der Waals surface area contributed by atoms with Gasteiger partial charge in [-0.25, -0.2) is 15.0 Å². The van der Waals surface area contributed by atoms with Crippen LogP contribution in [0.5, 0.6) is 0 Å². The number of nitrogens with zero attached hydrogens (tertiary/aromatic N) is 5. The minimum absolute atomic E-state index is 0.0770. The maximum Gasteiger partial charge on any atom is 0.315 e. The predicted octanol–water partition coefficient (Wildman–Crippen LogP) is 1.60. The summed E-state index contributed by atoms with van der Waals surface area (Å²) in [5.74, 6) is -0.499. The molecule has 31 heavy (non-hydrogen) atoms. The zero-order valence-corrected chi connectivity index (χ0v) is 19.1. The van der Waals surface area contributed by atoms with Crippen molar-refractivity contribution >= 4 is 52.6 Å². The van der Waals surface area contributed by atoms with Crippen molar-refractivity contribution in [2.45, 2.75) is 35.2 Å². The molecular formula is C19H25ClN8O2S. The third-order valence-corrected chi connectivity index (χ3v) is 6.44. The Morgan fingerprint density at radius 1 is 1.29 bits per heavy atom. The van der Waals surface area contributed by atoms with E-state index >= 15 is 0 Å². The first-order chi connectivity index (χ1) is 14.6. The van der Waals surface area contributed by atoms with E-state index in [1.165, 1.54) is 32.1 Å². The number of likely N-dealkylation sites (N-methyl/N-ethyl adjacent to an activating group) is 1. The van der Waals surface area contributed by atoms with Crippen LogP contribution in [0.2, 0.25) is 5.02 Å². The number of carbonyl (C=O) groups excluding carboxylic acids is 2. The van der Waals surface area contributed by atoms with Gasteiger partial charge in [-0.15, -0.1) is 0 Å². The molecule has 1 fully saturated rings. The van der Waals surface area contributed by atoms with Gasteiger partial charge in [0.2, 0.25) is 0 Å². The highest BCUT2D eigenvalue weighted by Crippen LogP contribution is 2.37. The number of anilines is 3. The number of aromatic nitrogens is 3. The van der Waals surface area contributed by atoms with E-state index in [0.29, 0.717) is 15.7 Å². The van der Waals surface area contributed by atoms with Crippen LogP contribution in [0.25, 0.3) is 0 Å². The first-order valence-corrected chi connectivity index (χ1v) is 10.8. The quantitative estimate of drug-likeness (QED) is 0.574. The van der Waals surface area contributed by atoms with Crippen molar-refractivity contribution < 1.29 is 9.59 Å². The van der Waals surface area contributed by atoms with Gasteiger partial charge >= 0.3 is 11.8 Å². The molecule has 1 aliphatic rings. The summed E-state index contributed by atoms with van der Waals surface area (Å²) in [5, 5.41) is 3.07. The van der Waals surface area contributed by atoms with E-state index < -0.39 is 11.8 Å². The fourth-order valence-electron chi connectivity index (χ4n) is 2.92. The van der Waals surface area contributed by atoms with Gasteiger partial charge in [-0.3, -0.25) is 9.59 Å². The third-order valence-electron chi connectivity index (χ3n) is 4.87. The normalized spacial score (nSPS) is 15.5. The molecule has 0 unspecified atom stereocenters. The van der Waals surface area contributed by atoms with Crippen molar-refractivity contribution in [3.63, 3.8) is 0 Å². The first kappa shape index (κ1) is 23.0. The number of hydrogen-bond donors (Lipinski definition) is 3. The molecule has 3 rings (SSSR count). The maximum absolute atomic E-state index is 12.0. The lowest BCUT2D eigenvalue weighted by Crippen LogP contribution is -2.48. The molecule has 2 aromatic heterocycles. The fraction of sp³-hybridized carbons (Fsp3) is 0.421. The lowest BCUT2D eigenvalue weighted by Gasteiger charge is -2.37. The van der Waals surface area contributed by atoms with Gasteiger partial charge < -0.3 is 26.6 Å². The molecule has 5 N–H and O–H groups in total. The minimum atomic E-state index is -0.833. The van der Waals surface area contributed by atoms with E-state index in [2.05, 4.69) is 32.1 Å². The van der Waals surface area contributed by atoms with E-state index in [1.807, 2.05) is 0 Å². The average Bonchev–Trinajstić information content (AvgIpc) is 2.71. The Hall–Kier alpha value is -2.63. The van der Waals surface area contributed by atoms with Crippen molar-refractivity contribution in [3.05, 3.63) is 23.5 Å². The van der Waals surface area contributed by atoms with Crippen LogP contribution in [-0.2, 0) is 9.59 Å². The lowest BCUT2D eigenvalue weighted by molar-refractivity contribution is -0.141. The van der Waals surface area contributed by atoms with Crippen LogP contribution in [0, 0.1) is 0 Å². The molecule has 10 nitrogen and oxygen atoms in total. The summed E-state index contributed by atoms with van der Waals surface area (Å²) in [6.07, 6.45) is 4.87. The van der Waals surface area contributed by atoms with Gasteiger partial charge in [0.25, 0.3) is 0 Å².